The van der Waals surface area contributed by atoms with E-state index in [0.717, 1.165) is 24.4 Å². The van der Waals surface area contributed by atoms with Crippen LogP contribution in [0.4, 0.5) is 5.13 Å². The highest BCUT2D eigenvalue weighted by molar-refractivity contribution is 8.00. The number of hydrogen-bond donors (Lipinski definition) is 1. The molecule has 2 aromatic heterocycles. The number of nitrogens with zero attached hydrogens (tertiary/aromatic N) is 4. The van der Waals surface area contributed by atoms with Crippen molar-refractivity contribution in [3.05, 3.63) is 46.7 Å². The number of ether oxygens (including phenoxy) is 1. The van der Waals surface area contributed by atoms with E-state index in [1.807, 2.05) is 30.0 Å². The van der Waals surface area contributed by atoms with Crippen molar-refractivity contribution in [2.24, 2.45) is 7.05 Å². The first-order valence-corrected chi connectivity index (χ1v) is 11.4. The molecule has 29 heavy (non-hydrogen) atoms. The summed E-state index contributed by atoms with van der Waals surface area (Å²) < 4.78 is 7.83. The molecule has 0 radical (unpaired) electrons. The molecule has 3 aromatic rings. The van der Waals surface area contributed by atoms with E-state index < -0.39 is 0 Å². The molecule has 4 rings (SSSR count). The van der Waals surface area contributed by atoms with Crippen LogP contribution in [-0.4, -0.2) is 30.9 Å². The third kappa shape index (κ3) is 4.79. The van der Waals surface area contributed by atoms with Gasteiger partial charge in [0.15, 0.2) is 16.1 Å². The number of thioether (sulfide) groups is 1. The van der Waals surface area contributed by atoms with Crippen molar-refractivity contribution in [1.82, 2.24) is 19.7 Å². The first kappa shape index (κ1) is 19.9. The summed E-state index contributed by atoms with van der Waals surface area (Å²) in [6, 6.07) is 6.34. The van der Waals surface area contributed by atoms with Gasteiger partial charge >= 0.3 is 0 Å². The Balaban J connectivity index is 1.35. The zero-order chi connectivity index (χ0) is 20.2. The highest BCUT2D eigenvalue weighted by atomic mass is 32.2. The van der Waals surface area contributed by atoms with Crippen LogP contribution in [-0.2, 0) is 31.3 Å². The van der Waals surface area contributed by atoms with Crippen molar-refractivity contribution in [1.29, 1.82) is 0 Å². The average Bonchev–Trinajstić information content (AvgIpc) is 3.36. The molecule has 0 aliphatic heterocycles. The number of carbonyl (C=O) groups is 1. The van der Waals surface area contributed by atoms with E-state index in [-0.39, 0.29) is 11.2 Å². The second-order valence-electron chi connectivity index (χ2n) is 6.97. The SMILES string of the molecule is C[C@H](Sc1nnc(COc2ccc3c(c2)CCCC3)n1C)C(=O)Nc1nccs1. The predicted octanol–water partition coefficient (Wildman–Crippen LogP) is 3.85. The second kappa shape index (κ2) is 8.96. The third-order valence-corrected chi connectivity index (χ3v) is 6.75. The Morgan fingerprint density at radius 1 is 1.31 bits per heavy atom. The van der Waals surface area contributed by atoms with Crippen LogP contribution in [0, 0.1) is 0 Å². The van der Waals surface area contributed by atoms with Gasteiger partial charge in [-0.15, -0.1) is 21.5 Å². The Morgan fingerprint density at radius 2 is 2.14 bits per heavy atom. The number of aromatic nitrogens is 4. The molecule has 0 bridgehead atoms. The normalized spacial score (nSPS) is 14.3. The van der Waals surface area contributed by atoms with E-state index in [2.05, 4.69) is 32.6 Å². The van der Waals surface area contributed by atoms with Gasteiger partial charge in [0, 0.05) is 18.6 Å². The molecule has 1 aromatic carbocycles. The Kier molecular flexibility index (Phi) is 6.15. The molecule has 9 heteroatoms. The van der Waals surface area contributed by atoms with Gasteiger partial charge in [0.1, 0.15) is 12.4 Å². The zero-order valence-electron chi connectivity index (χ0n) is 16.4. The summed E-state index contributed by atoms with van der Waals surface area (Å²) in [4.78, 5) is 16.4. The smallest absolute Gasteiger partial charge is 0.239 e. The second-order valence-corrected chi connectivity index (χ2v) is 9.17. The van der Waals surface area contributed by atoms with Crippen LogP contribution in [0.5, 0.6) is 5.75 Å². The van der Waals surface area contributed by atoms with Gasteiger partial charge < -0.3 is 14.6 Å². The van der Waals surface area contributed by atoms with Crippen molar-refractivity contribution >= 4 is 34.1 Å². The number of rotatable bonds is 7. The molecule has 0 saturated carbocycles. The lowest BCUT2D eigenvalue weighted by molar-refractivity contribution is -0.115. The number of anilines is 1. The summed E-state index contributed by atoms with van der Waals surface area (Å²) in [5.74, 6) is 1.47. The summed E-state index contributed by atoms with van der Waals surface area (Å²) in [6.07, 6.45) is 6.46. The molecule has 2 heterocycles. The molecule has 0 saturated heterocycles. The minimum absolute atomic E-state index is 0.111. The van der Waals surface area contributed by atoms with Crippen LogP contribution in [0.3, 0.4) is 0 Å². The highest BCUT2D eigenvalue weighted by Gasteiger charge is 2.20. The topological polar surface area (TPSA) is 81.9 Å². The van der Waals surface area contributed by atoms with Gasteiger partial charge in [0.2, 0.25) is 5.91 Å². The van der Waals surface area contributed by atoms with Crippen LogP contribution in [0.15, 0.2) is 34.9 Å². The van der Waals surface area contributed by atoms with E-state index in [1.54, 1.807) is 6.20 Å². The Labute approximate surface area is 177 Å². The van der Waals surface area contributed by atoms with E-state index >= 15 is 0 Å². The van der Waals surface area contributed by atoms with Crippen molar-refractivity contribution in [2.45, 2.75) is 49.6 Å². The summed E-state index contributed by atoms with van der Waals surface area (Å²) >= 11 is 2.75. The van der Waals surface area contributed by atoms with Gasteiger partial charge in [-0.1, -0.05) is 17.8 Å². The highest BCUT2D eigenvalue weighted by Crippen LogP contribution is 2.26. The van der Waals surface area contributed by atoms with Crippen molar-refractivity contribution in [2.75, 3.05) is 5.32 Å². The molecule has 0 unspecified atom stereocenters. The summed E-state index contributed by atoms with van der Waals surface area (Å²) in [5.41, 5.74) is 2.83. The fourth-order valence-corrected chi connectivity index (χ4v) is 4.59. The van der Waals surface area contributed by atoms with Crippen LogP contribution >= 0.6 is 23.1 Å². The number of nitrogens with one attached hydrogen (secondary N) is 1. The Morgan fingerprint density at radius 3 is 2.93 bits per heavy atom. The molecular weight excluding hydrogens is 406 g/mol. The first-order chi connectivity index (χ1) is 14.1. The molecular formula is C20H23N5O2S2. The van der Waals surface area contributed by atoms with E-state index in [0.29, 0.717) is 16.9 Å². The molecule has 0 fully saturated rings. The lowest BCUT2D eigenvalue weighted by Crippen LogP contribution is -2.22. The fraction of sp³-hybridized carbons (Fsp3) is 0.400. The molecule has 1 N–H and O–H groups in total. The number of amides is 1. The number of aryl methyl sites for hydroxylation is 2. The molecule has 1 aliphatic rings. The minimum Gasteiger partial charge on any atom is -0.486 e. The van der Waals surface area contributed by atoms with Gasteiger partial charge in [-0.3, -0.25) is 4.79 Å². The Bertz CT molecular complexity index is 987. The third-order valence-electron chi connectivity index (χ3n) is 4.93. The lowest BCUT2D eigenvalue weighted by Gasteiger charge is -2.16. The van der Waals surface area contributed by atoms with Crippen molar-refractivity contribution in [3.63, 3.8) is 0 Å². The molecule has 152 valence electrons. The van der Waals surface area contributed by atoms with E-state index in [4.69, 9.17) is 4.74 Å². The van der Waals surface area contributed by atoms with Gasteiger partial charge in [0.05, 0.1) is 5.25 Å². The number of fused-ring (bicyclic) bond motifs is 1. The summed E-state index contributed by atoms with van der Waals surface area (Å²) in [5, 5.41) is 14.0. The molecule has 0 spiro atoms. The minimum atomic E-state index is -0.323. The van der Waals surface area contributed by atoms with E-state index in [9.17, 15) is 4.79 Å². The number of thiazole rings is 1. The maximum Gasteiger partial charge on any atom is 0.239 e. The molecule has 1 atom stereocenters. The average molecular weight is 430 g/mol. The number of carbonyl (C=O) groups excluding carboxylic acids is 1. The summed E-state index contributed by atoms with van der Waals surface area (Å²) in [6.45, 7) is 2.17. The first-order valence-electron chi connectivity index (χ1n) is 9.60. The van der Waals surface area contributed by atoms with Gasteiger partial charge in [0.25, 0.3) is 0 Å². The lowest BCUT2D eigenvalue weighted by atomic mass is 9.92. The van der Waals surface area contributed by atoms with Crippen molar-refractivity contribution in [3.8, 4) is 5.75 Å². The Hall–Kier alpha value is -2.39. The maximum atomic E-state index is 12.3. The predicted molar refractivity (Wildman–Crippen MR) is 114 cm³/mol. The van der Waals surface area contributed by atoms with Gasteiger partial charge in [-0.25, -0.2) is 4.98 Å². The largest absolute Gasteiger partial charge is 0.486 e. The molecule has 1 aliphatic carbocycles. The van der Waals surface area contributed by atoms with Crippen LogP contribution in [0.25, 0.3) is 0 Å². The number of benzene rings is 1. The number of hydrogen-bond acceptors (Lipinski definition) is 7. The fourth-order valence-electron chi connectivity index (χ4n) is 3.22. The van der Waals surface area contributed by atoms with Gasteiger partial charge in [-0.2, -0.15) is 0 Å². The zero-order valence-corrected chi connectivity index (χ0v) is 18.1. The van der Waals surface area contributed by atoms with E-state index in [1.165, 1.54) is 47.1 Å². The summed E-state index contributed by atoms with van der Waals surface area (Å²) in [7, 11) is 1.89. The molecule has 7 nitrogen and oxygen atoms in total. The standard InChI is InChI=1S/C20H23N5O2S2/c1-13(18(26)22-19-21-9-10-28-19)29-20-24-23-17(25(20)2)12-27-16-8-7-14-5-3-4-6-15(14)11-16/h7-11,13H,3-6,12H2,1-2H3,(H,21,22,26)/t13-/m0/s1. The van der Waals surface area contributed by atoms with Crippen LogP contribution < -0.4 is 10.1 Å². The monoisotopic (exact) mass is 429 g/mol. The van der Waals surface area contributed by atoms with Crippen LogP contribution in [0.1, 0.15) is 36.7 Å². The maximum absolute atomic E-state index is 12.3. The quantitative estimate of drug-likeness (QED) is 0.575. The van der Waals surface area contributed by atoms with Crippen LogP contribution in [0.2, 0.25) is 0 Å². The molecule has 1 amide bonds. The van der Waals surface area contributed by atoms with Gasteiger partial charge in [-0.05, 0) is 55.9 Å². The van der Waals surface area contributed by atoms with Crippen molar-refractivity contribution < 1.29 is 9.53 Å².